The van der Waals surface area contributed by atoms with E-state index in [0.29, 0.717) is 23.9 Å². The minimum atomic E-state index is -0.705. The SMILES string of the molecule is CC(C)C(Oc1cccc(Cl)c1)C(=O)N1CCC2(CC1)CC2C(=O)O. The molecule has 2 aliphatic rings. The Morgan fingerprint density at radius 3 is 2.52 bits per heavy atom. The molecular weight excluding hydrogens is 342 g/mol. The highest BCUT2D eigenvalue weighted by Crippen LogP contribution is 2.59. The second kappa shape index (κ2) is 6.87. The van der Waals surface area contributed by atoms with Crippen molar-refractivity contribution in [2.24, 2.45) is 17.3 Å². The molecule has 136 valence electrons. The van der Waals surface area contributed by atoms with Gasteiger partial charge in [0.05, 0.1) is 5.92 Å². The van der Waals surface area contributed by atoms with Gasteiger partial charge in [-0.15, -0.1) is 0 Å². The summed E-state index contributed by atoms with van der Waals surface area (Å²) < 4.78 is 5.93. The molecule has 6 heteroatoms. The summed E-state index contributed by atoms with van der Waals surface area (Å²) in [6.45, 7) is 5.12. The first kappa shape index (κ1) is 18.1. The van der Waals surface area contributed by atoms with Gasteiger partial charge in [0.1, 0.15) is 5.75 Å². The number of hydrogen-bond acceptors (Lipinski definition) is 3. The topological polar surface area (TPSA) is 66.8 Å². The Morgan fingerprint density at radius 1 is 1.32 bits per heavy atom. The number of carbonyl (C=O) groups is 2. The van der Waals surface area contributed by atoms with Crippen LogP contribution >= 0.6 is 11.6 Å². The number of amides is 1. The molecule has 1 spiro atoms. The van der Waals surface area contributed by atoms with Gasteiger partial charge in [-0.1, -0.05) is 31.5 Å². The molecule has 0 bridgehead atoms. The van der Waals surface area contributed by atoms with Crippen LogP contribution in [0.25, 0.3) is 0 Å². The lowest BCUT2D eigenvalue weighted by molar-refractivity contribution is -0.143. The maximum Gasteiger partial charge on any atom is 0.307 e. The highest BCUT2D eigenvalue weighted by Gasteiger charge is 2.59. The predicted octanol–water partition coefficient (Wildman–Crippen LogP) is 3.46. The Hall–Kier alpha value is -1.75. The third-order valence-electron chi connectivity index (χ3n) is 5.47. The summed E-state index contributed by atoms with van der Waals surface area (Å²) in [6, 6.07) is 7.06. The van der Waals surface area contributed by atoms with Crippen LogP contribution in [0, 0.1) is 17.3 Å². The van der Waals surface area contributed by atoms with Gasteiger partial charge >= 0.3 is 5.97 Å². The minimum absolute atomic E-state index is 0.0232. The molecule has 0 radical (unpaired) electrons. The van der Waals surface area contributed by atoms with Crippen molar-refractivity contribution < 1.29 is 19.4 Å². The summed E-state index contributed by atoms with van der Waals surface area (Å²) in [4.78, 5) is 25.9. The van der Waals surface area contributed by atoms with E-state index in [0.717, 1.165) is 19.3 Å². The Labute approximate surface area is 152 Å². The standard InChI is InChI=1S/C19H24ClNO4/c1-12(2)16(25-14-5-3-4-13(20)10-14)17(22)21-8-6-19(7-9-21)11-15(19)18(23)24/h3-5,10,12,15-16H,6-9,11H2,1-2H3,(H,23,24). The fraction of sp³-hybridized carbons (Fsp3) is 0.579. The van der Waals surface area contributed by atoms with Gasteiger partial charge in [-0.3, -0.25) is 9.59 Å². The van der Waals surface area contributed by atoms with E-state index in [4.69, 9.17) is 16.3 Å². The van der Waals surface area contributed by atoms with Crippen LogP contribution in [0.15, 0.2) is 24.3 Å². The van der Waals surface area contributed by atoms with E-state index in [2.05, 4.69) is 0 Å². The minimum Gasteiger partial charge on any atom is -0.481 e. The van der Waals surface area contributed by atoms with Crippen molar-refractivity contribution >= 4 is 23.5 Å². The highest BCUT2D eigenvalue weighted by molar-refractivity contribution is 6.30. The number of carboxylic acids is 1. The van der Waals surface area contributed by atoms with Crippen molar-refractivity contribution in [3.8, 4) is 5.75 Å². The average Bonchev–Trinajstić information content (AvgIpc) is 3.26. The van der Waals surface area contributed by atoms with E-state index in [9.17, 15) is 14.7 Å². The summed E-state index contributed by atoms with van der Waals surface area (Å²) in [5.41, 5.74) is -0.0796. The Morgan fingerprint density at radius 2 is 2.00 bits per heavy atom. The van der Waals surface area contributed by atoms with Crippen LogP contribution in [0.2, 0.25) is 5.02 Å². The number of carbonyl (C=O) groups excluding carboxylic acids is 1. The van der Waals surface area contributed by atoms with E-state index in [1.54, 1.807) is 24.3 Å². The molecule has 1 aromatic carbocycles. The molecular formula is C19H24ClNO4. The van der Waals surface area contributed by atoms with Crippen molar-refractivity contribution in [2.45, 2.75) is 39.2 Å². The van der Waals surface area contributed by atoms with Crippen molar-refractivity contribution in [1.29, 1.82) is 0 Å². The lowest BCUT2D eigenvalue weighted by Crippen LogP contribution is -2.48. The molecule has 1 aliphatic carbocycles. The molecule has 1 aromatic rings. The monoisotopic (exact) mass is 365 g/mol. The quantitative estimate of drug-likeness (QED) is 0.867. The van der Waals surface area contributed by atoms with Crippen LogP contribution in [0.1, 0.15) is 33.1 Å². The number of halogens is 1. The van der Waals surface area contributed by atoms with Gasteiger partial charge in [0.2, 0.25) is 0 Å². The molecule has 1 saturated heterocycles. The highest BCUT2D eigenvalue weighted by atomic mass is 35.5. The number of rotatable bonds is 5. The molecule has 2 fully saturated rings. The summed E-state index contributed by atoms with van der Waals surface area (Å²) in [5, 5.41) is 9.75. The van der Waals surface area contributed by atoms with E-state index >= 15 is 0 Å². The van der Waals surface area contributed by atoms with Gasteiger partial charge in [-0.2, -0.15) is 0 Å². The molecule has 1 N–H and O–H groups in total. The Balaban J connectivity index is 1.63. The molecule has 3 rings (SSSR count). The molecule has 1 heterocycles. The van der Waals surface area contributed by atoms with E-state index < -0.39 is 12.1 Å². The fourth-order valence-corrected chi connectivity index (χ4v) is 3.94. The smallest absolute Gasteiger partial charge is 0.307 e. The normalized spacial score (nSPS) is 22.7. The number of nitrogens with zero attached hydrogens (tertiary/aromatic N) is 1. The van der Waals surface area contributed by atoms with Crippen LogP contribution < -0.4 is 4.74 Å². The van der Waals surface area contributed by atoms with Gasteiger partial charge < -0.3 is 14.7 Å². The number of carboxylic acid groups (broad SMARTS) is 1. The molecule has 2 unspecified atom stereocenters. The second-order valence-electron chi connectivity index (χ2n) is 7.52. The van der Waals surface area contributed by atoms with Gasteiger partial charge in [0.15, 0.2) is 6.10 Å². The maximum absolute atomic E-state index is 12.9. The molecule has 1 amide bonds. The van der Waals surface area contributed by atoms with Crippen molar-refractivity contribution in [3.05, 3.63) is 29.3 Å². The zero-order valence-electron chi connectivity index (χ0n) is 14.6. The Kier molecular flexibility index (Phi) is 4.96. The first-order valence-electron chi connectivity index (χ1n) is 8.76. The third-order valence-corrected chi connectivity index (χ3v) is 5.70. The molecule has 25 heavy (non-hydrogen) atoms. The van der Waals surface area contributed by atoms with E-state index in [-0.39, 0.29) is 23.2 Å². The summed E-state index contributed by atoms with van der Waals surface area (Å²) >= 11 is 5.99. The predicted molar refractivity (Wildman–Crippen MR) is 94.7 cm³/mol. The first-order chi connectivity index (χ1) is 11.8. The first-order valence-corrected chi connectivity index (χ1v) is 9.14. The summed E-state index contributed by atoms with van der Waals surface area (Å²) in [6.07, 6.45) is 1.70. The number of hydrogen-bond donors (Lipinski definition) is 1. The zero-order chi connectivity index (χ0) is 18.2. The fourth-order valence-electron chi connectivity index (χ4n) is 3.76. The third kappa shape index (κ3) is 3.76. The van der Waals surface area contributed by atoms with Crippen LogP contribution in [0.3, 0.4) is 0 Å². The van der Waals surface area contributed by atoms with Crippen molar-refractivity contribution in [2.75, 3.05) is 13.1 Å². The average molecular weight is 366 g/mol. The number of aliphatic carboxylic acids is 1. The molecule has 5 nitrogen and oxygen atoms in total. The summed E-state index contributed by atoms with van der Waals surface area (Å²) in [7, 11) is 0. The van der Waals surface area contributed by atoms with Gasteiger partial charge in [0, 0.05) is 18.1 Å². The number of ether oxygens (including phenoxy) is 1. The van der Waals surface area contributed by atoms with Gasteiger partial charge in [-0.25, -0.2) is 0 Å². The largest absolute Gasteiger partial charge is 0.481 e. The molecule has 0 aromatic heterocycles. The zero-order valence-corrected chi connectivity index (χ0v) is 15.3. The van der Waals surface area contributed by atoms with Crippen LogP contribution in [0.4, 0.5) is 0 Å². The van der Waals surface area contributed by atoms with Gasteiger partial charge in [-0.05, 0) is 48.8 Å². The van der Waals surface area contributed by atoms with Crippen molar-refractivity contribution in [1.82, 2.24) is 4.90 Å². The number of benzene rings is 1. The molecule has 2 atom stereocenters. The number of likely N-dealkylation sites (tertiary alicyclic amines) is 1. The van der Waals surface area contributed by atoms with Crippen molar-refractivity contribution in [3.63, 3.8) is 0 Å². The van der Waals surface area contributed by atoms with Crippen LogP contribution in [-0.4, -0.2) is 41.1 Å². The Bertz CT molecular complexity index is 667. The van der Waals surface area contributed by atoms with Crippen LogP contribution in [0.5, 0.6) is 5.75 Å². The maximum atomic E-state index is 12.9. The van der Waals surface area contributed by atoms with E-state index in [1.807, 2.05) is 18.7 Å². The number of piperidine rings is 1. The lowest BCUT2D eigenvalue weighted by atomic mass is 9.90. The summed E-state index contributed by atoms with van der Waals surface area (Å²) in [5.74, 6) is -0.356. The molecule has 1 saturated carbocycles. The van der Waals surface area contributed by atoms with Gasteiger partial charge in [0.25, 0.3) is 5.91 Å². The molecule has 1 aliphatic heterocycles. The van der Waals surface area contributed by atoms with Crippen LogP contribution in [-0.2, 0) is 9.59 Å². The van der Waals surface area contributed by atoms with E-state index in [1.165, 1.54) is 0 Å². The second-order valence-corrected chi connectivity index (χ2v) is 7.96. The lowest BCUT2D eigenvalue weighted by Gasteiger charge is -2.35.